The van der Waals surface area contributed by atoms with E-state index in [1.54, 1.807) is 11.9 Å². The van der Waals surface area contributed by atoms with Crippen LogP contribution in [0.15, 0.2) is 18.2 Å². The number of rotatable bonds is 5. The highest BCUT2D eigenvalue weighted by atomic mass is 19.2. The summed E-state index contributed by atoms with van der Waals surface area (Å²) in [7, 11) is 1.58. The smallest absolute Gasteiger partial charge is 0.254 e. The molecule has 1 aliphatic rings. The van der Waals surface area contributed by atoms with E-state index in [0.29, 0.717) is 26.2 Å². The molecule has 0 unspecified atom stereocenters. The quantitative estimate of drug-likeness (QED) is 0.789. The Kier molecular flexibility index (Phi) is 7.29. The van der Waals surface area contributed by atoms with Crippen molar-refractivity contribution >= 4 is 17.7 Å². The Morgan fingerprint density at radius 3 is 2.24 bits per heavy atom. The molecule has 1 aliphatic heterocycles. The number of carbonyl (C=O) groups excluding carboxylic acids is 3. The Bertz CT molecular complexity index is 771. The van der Waals surface area contributed by atoms with Gasteiger partial charge in [-0.2, -0.15) is 0 Å². The van der Waals surface area contributed by atoms with Gasteiger partial charge < -0.3 is 15.1 Å². The molecule has 0 aromatic heterocycles. The van der Waals surface area contributed by atoms with Gasteiger partial charge in [-0.25, -0.2) is 8.78 Å². The SMILES string of the molecule is CN(CC(=O)NC(C)(C)C)C(=O)CN1CCN(C(=O)c2ccc(F)c(F)c2)CC1. The number of nitrogens with one attached hydrogen (secondary N) is 1. The molecule has 0 bridgehead atoms. The van der Waals surface area contributed by atoms with Crippen molar-refractivity contribution < 1.29 is 23.2 Å². The van der Waals surface area contributed by atoms with Gasteiger partial charge >= 0.3 is 0 Å². The Balaban J connectivity index is 1.81. The van der Waals surface area contributed by atoms with E-state index >= 15 is 0 Å². The lowest BCUT2D eigenvalue weighted by Crippen LogP contribution is -2.52. The highest BCUT2D eigenvalue weighted by molar-refractivity contribution is 5.94. The van der Waals surface area contributed by atoms with E-state index in [0.717, 1.165) is 12.1 Å². The molecule has 2 rings (SSSR count). The minimum Gasteiger partial charge on any atom is -0.350 e. The fraction of sp³-hybridized carbons (Fsp3) is 0.550. The van der Waals surface area contributed by atoms with Crippen LogP contribution < -0.4 is 5.32 Å². The minimum atomic E-state index is -1.06. The maximum Gasteiger partial charge on any atom is 0.254 e. The van der Waals surface area contributed by atoms with E-state index in [1.165, 1.54) is 11.0 Å². The van der Waals surface area contributed by atoms with E-state index in [1.807, 2.05) is 25.7 Å². The minimum absolute atomic E-state index is 0.0231. The fourth-order valence-electron chi connectivity index (χ4n) is 2.99. The number of halogens is 2. The maximum absolute atomic E-state index is 13.3. The van der Waals surface area contributed by atoms with Gasteiger partial charge in [-0.05, 0) is 39.0 Å². The van der Waals surface area contributed by atoms with Crippen LogP contribution in [0.5, 0.6) is 0 Å². The molecule has 29 heavy (non-hydrogen) atoms. The molecule has 1 aromatic rings. The van der Waals surface area contributed by atoms with Gasteiger partial charge in [-0.15, -0.1) is 0 Å². The van der Waals surface area contributed by atoms with Crippen molar-refractivity contribution in [3.63, 3.8) is 0 Å². The zero-order valence-electron chi connectivity index (χ0n) is 17.3. The van der Waals surface area contributed by atoms with Crippen LogP contribution in [0, 0.1) is 11.6 Å². The van der Waals surface area contributed by atoms with E-state index < -0.39 is 11.6 Å². The number of piperazine rings is 1. The van der Waals surface area contributed by atoms with E-state index in [4.69, 9.17) is 0 Å². The normalized spacial score (nSPS) is 15.2. The average Bonchev–Trinajstić information content (AvgIpc) is 2.62. The Hall–Kier alpha value is -2.55. The standard InChI is InChI=1S/C20H28F2N4O3/c1-20(2,3)23-17(27)12-24(4)18(28)13-25-7-9-26(10-8-25)19(29)14-5-6-15(21)16(22)11-14/h5-6,11H,7-10,12-13H2,1-4H3,(H,23,27). The Morgan fingerprint density at radius 1 is 1.07 bits per heavy atom. The number of hydrogen-bond donors (Lipinski definition) is 1. The van der Waals surface area contributed by atoms with Crippen molar-refractivity contribution in [3.05, 3.63) is 35.4 Å². The third-order valence-electron chi connectivity index (χ3n) is 4.51. The number of carbonyl (C=O) groups is 3. The van der Waals surface area contributed by atoms with Gasteiger partial charge in [0, 0.05) is 44.3 Å². The van der Waals surface area contributed by atoms with Gasteiger partial charge in [0.05, 0.1) is 13.1 Å². The van der Waals surface area contributed by atoms with Crippen LogP contribution in [-0.2, 0) is 9.59 Å². The molecule has 9 heteroatoms. The second kappa shape index (κ2) is 9.30. The molecule has 160 valence electrons. The van der Waals surface area contributed by atoms with Crippen LogP contribution in [0.3, 0.4) is 0 Å². The van der Waals surface area contributed by atoms with Crippen LogP contribution >= 0.6 is 0 Å². The van der Waals surface area contributed by atoms with Crippen molar-refractivity contribution in [1.82, 2.24) is 20.0 Å². The number of nitrogens with zero attached hydrogens (tertiary/aromatic N) is 3. The number of benzene rings is 1. The van der Waals surface area contributed by atoms with Crippen LogP contribution in [-0.4, -0.2) is 84.3 Å². The molecule has 1 fully saturated rings. The van der Waals surface area contributed by atoms with Crippen LogP contribution in [0.4, 0.5) is 8.78 Å². The van der Waals surface area contributed by atoms with Crippen molar-refractivity contribution in [3.8, 4) is 0 Å². The van der Waals surface area contributed by atoms with Crippen LogP contribution in [0.1, 0.15) is 31.1 Å². The molecule has 1 aromatic carbocycles. The lowest BCUT2D eigenvalue weighted by molar-refractivity contribution is -0.136. The van der Waals surface area contributed by atoms with E-state index in [2.05, 4.69) is 5.32 Å². The lowest BCUT2D eigenvalue weighted by Gasteiger charge is -2.35. The first kappa shape index (κ1) is 22.7. The zero-order chi connectivity index (χ0) is 21.8. The van der Waals surface area contributed by atoms with Crippen molar-refractivity contribution in [2.24, 2.45) is 0 Å². The summed E-state index contributed by atoms with van der Waals surface area (Å²) in [6, 6.07) is 3.09. The van der Waals surface area contributed by atoms with Gasteiger partial charge in [0.1, 0.15) is 0 Å². The molecular formula is C20H28F2N4O3. The number of likely N-dealkylation sites (N-methyl/N-ethyl adjacent to an activating group) is 1. The summed E-state index contributed by atoms with van der Waals surface area (Å²) in [4.78, 5) is 41.6. The zero-order valence-corrected chi connectivity index (χ0v) is 17.3. The summed E-state index contributed by atoms with van der Waals surface area (Å²) in [6.45, 7) is 7.43. The van der Waals surface area contributed by atoms with E-state index in [-0.39, 0.29) is 41.9 Å². The predicted octanol–water partition coefficient (Wildman–Crippen LogP) is 1.10. The third kappa shape index (κ3) is 6.77. The fourth-order valence-corrected chi connectivity index (χ4v) is 2.99. The summed E-state index contributed by atoms with van der Waals surface area (Å²) in [5, 5.41) is 2.81. The summed E-state index contributed by atoms with van der Waals surface area (Å²) >= 11 is 0. The topological polar surface area (TPSA) is 73.0 Å². The largest absolute Gasteiger partial charge is 0.350 e. The first-order valence-corrected chi connectivity index (χ1v) is 9.48. The lowest BCUT2D eigenvalue weighted by atomic mass is 10.1. The van der Waals surface area contributed by atoms with Crippen LogP contribution in [0.2, 0.25) is 0 Å². The predicted molar refractivity (Wildman–Crippen MR) is 104 cm³/mol. The van der Waals surface area contributed by atoms with Crippen molar-refractivity contribution in [2.75, 3.05) is 46.3 Å². The number of amides is 3. The molecule has 7 nitrogen and oxygen atoms in total. The maximum atomic E-state index is 13.3. The average molecular weight is 410 g/mol. The molecule has 0 aliphatic carbocycles. The molecule has 1 N–H and O–H groups in total. The van der Waals surface area contributed by atoms with Crippen LogP contribution in [0.25, 0.3) is 0 Å². The van der Waals surface area contributed by atoms with Gasteiger partial charge in [0.15, 0.2) is 11.6 Å². The monoisotopic (exact) mass is 410 g/mol. The Morgan fingerprint density at radius 2 is 1.69 bits per heavy atom. The van der Waals surface area contributed by atoms with Gasteiger partial charge in [-0.1, -0.05) is 0 Å². The van der Waals surface area contributed by atoms with Crippen molar-refractivity contribution in [2.45, 2.75) is 26.3 Å². The molecule has 0 atom stereocenters. The molecule has 0 spiro atoms. The highest BCUT2D eigenvalue weighted by Crippen LogP contribution is 2.13. The third-order valence-corrected chi connectivity index (χ3v) is 4.51. The van der Waals surface area contributed by atoms with Gasteiger partial charge in [0.25, 0.3) is 5.91 Å². The molecular weight excluding hydrogens is 382 g/mol. The highest BCUT2D eigenvalue weighted by Gasteiger charge is 2.25. The van der Waals surface area contributed by atoms with E-state index in [9.17, 15) is 23.2 Å². The second-order valence-corrected chi connectivity index (χ2v) is 8.25. The number of hydrogen-bond acceptors (Lipinski definition) is 4. The second-order valence-electron chi connectivity index (χ2n) is 8.25. The molecule has 1 saturated heterocycles. The summed E-state index contributed by atoms with van der Waals surface area (Å²) < 4.78 is 26.4. The van der Waals surface area contributed by atoms with Gasteiger partial charge in [-0.3, -0.25) is 19.3 Å². The van der Waals surface area contributed by atoms with Crippen molar-refractivity contribution in [1.29, 1.82) is 0 Å². The molecule has 0 radical (unpaired) electrons. The summed E-state index contributed by atoms with van der Waals surface area (Å²) in [5.41, 5.74) is -0.268. The first-order valence-electron chi connectivity index (χ1n) is 9.48. The summed E-state index contributed by atoms with van der Waals surface area (Å²) in [5.74, 6) is -2.83. The first-order chi connectivity index (χ1) is 13.5. The molecule has 3 amide bonds. The Labute approximate surface area is 169 Å². The molecule has 0 saturated carbocycles. The van der Waals surface area contributed by atoms with Gasteiger partial charge in [0.2, 0.25) is 11.8 Å². The summed E-state index contributed by atoms with van der Waals surface area (Å²) in [6.07, 6.45) is 0. The molecule has 1 heterocycles.